The molecule has 0 bridgehead atoms. The summed E-state index contributed by atoms with van der Waals surface area (Å²) in [7, 11) is 1.61. The van der Waals surface area contributed by atoms with Gasteiger partial charge in [0.15, 0.2) is 0 Å². The van der Waals surface area contributed by atoms with E-state index in [2.05, 4.69) is 5.32 Å². The van der Waals surface area contributed by atoms with Gasteiger partial charge in [-0.15, -0.1) is 0 Å². The zero-order valence-electron chi connectivity index (χ0n) is 11.8. The van der Waals surface area contributed by atoms with E-state index in [1.165, 1.54) is 11.8 Å². The normalized spacial score (nSPS) is 14.1. The minimum Gasteiger partial charge on any atom is -0.497 e. The molecule has 1 aliphatic heterocycles. The fraction of sp³-hybridized carbons (Fsp3) is 0.429. The number of benzene rings is 1. The third-order valence-electron chi connectivity index (χ3n) is 2.93. The Hall–Kier alpha value is -1.89. The number of nitrogens with zero attached hydrogens (tertiary/aromatic N) is 1. The Kier molecular flexibility index (Phi) is 5.74. The van der Waals surface area contributed by atoms with Crippen molar-refractivity contribution in [3.8, 4) is 11.5 Å². The molecule has 1 aliphatic rings. The molecule has 0 radical (unpaired) electrons. The lowest BCUT2D eigenvalue weighted by molar-refractivity contribution is -0.121. The first-order valence-corrected chi connectivity index (χ1v) is 7.63. The number of ether oxygens (including phenoxy) is 2. The largest absolute Gasteiger partial charge is 0.497 e. The number of amides is 2. The maximum atomic E-state index is 11.7. The van der Waals surface area contributed by atoms with Crippen molar-refractivity contribution in [1.82, 2.24) is 10.2 Å². The van der Waals surface area contributed by atoms with Gasteiger partial charge < -0.3 is 19.7 Å². The number of carbonyl (C=O) groups excluding carboxylic acids is 2. The van der Waals surface area contributed by atoms with Gasteiger partial charge in [0.1, 0.15) is 24.7 Å². The summed E-state index contributed by atoms with van der Waals surface area (Å²) in [6.07, 6.45) is 0. The lowest BCUT2D eigenvalue weighted by Crippen LogP contribution is -2.38. The lowest BCUT2D eigenvalue weighted by atomic mass is 10.3. The Labute approximate surface area is 127 Å². The Morgan fingerprint density at radius 3 is 2.67 bits per heavy atom. The van der Waals surface area contributed by atoms with Crippen LogP contribution in [0.2, 0.25) is 0 Å². The minimum atomic E-state index is -0.163. The molecule has 0 aliphatic carbocycles. The van der Waals surface area contributed by atoms with Crippen LogP contribution in [0.4, 0.5) is 4.79 Å². The van der Waals surface area contributed by atoms with Gasteiger partial charge in [0.25, 0.3) is 5.24 Å². The highest BCUT2D eigenvalue weighted by atomic mass is 32.2. The van der Waals surface area contributed by atoms with Crippen LogP contribution >= 0.6 is 11.8 Å². The van der Waals surface area contributed by atoms with Crippen molar-refractivity contribution in [2.24, 2.45) is 0 Å². The molecule has 2 rings (SSSR count). The molecule has 7 heteroatoms. The molecule has 0 spiro atoms. The average Bonchev–Trinajstić information content (AvgIpc) is 2.89. The molecule has 1 aromatic rings. The van der Waals surface area contributed by atoms with Gasteiger partial charge in [-0.1, -0.05) is 11.8 Å². The van der Waals surface area contributed by atoms with Crippen molar-refractivity contribution in [3.63, 3.8) is 0 Å². The zero-order chi connectivity index (χ0) is 15.1. The highest BCUT2D eigenvalue weighted by Gasteiger charge is 2.22. The van der Waals surface area contributed by atoms with Crippen molar-refractivity contribution in [2.45, 2.75) is 0 Å². The highest BCUT2D eigenvalue weighted by Crippen LogP contribution is 2.17. The van der Waals surface area contributed by atoms with Gasteiger partial charge in [-0.3, -0.25) is 9.59 Å². The van der Waals surface area contributed by atoms with E-state index in [0.717, 1.165) is 17.3 Å². The molecule has 6 nitrogen and oxygen atoms in total. The third-order valence-corrected chi connectivity index (χ3v) is 3.82. The molecule has 114 valence electrons. The molecular formula is C14H18N2O4S. The summed E-state index contributed by atoms with van der Waals surface area (Å²) in [5, 5.41) is 2.70. The molecule has 0 aromatic heterocycles. The second-order valence-electron chi connectivity index (χ2n) is 4.41. The van der Waals surface area contributed by atoms with Crippen molar-refractivity contribution >= 4 is 22.9 Å². The van der Waals surface area contributed by atoms with E-state index in [1.807, 2.05) is 12.1 Å². The quantitative estimate of drug-likeness (QED) is 0.770. The van der Waals surface area contributed by atoms with Gasteiger partial charge in [0, 0.05) is 12.3 Å². The first-order chi connectivity index (χ1) is 10.2. The van der Waals surface area contributed by atoms with E-state index in [4.69, 9.17) is 9.47 Å². The topological polar surface area (TPSA) is 67.9 Å². The number of methoxy groups -OCH3 is 1. The fourth-order valence-electron chi connectivity index (χ4n) is 1.83. The lowest BCUT2D eigenvalue weighted by Gasteiger charge is -2.14. The number of hydrogen-bond donors (Lipinski definition) is 1. The van der Waals surface area contributed by atoms with Crippen LogP contribution in [-0.4, -0.2) is 55.2 Å². The fourth-order valence-corrected chi connectivity index (χ4v) is 2.65. The van der Waals surface area contributed by atoms with Crippen LogP contribution in [0.3, 0.4) is 0 Å². The molecule has 21 heavy (non-hydrogen) atoms. The summed E-state index contributed by atoms with van der Waals surface area (Å²) >= 11 is 1.25. The average molecular weight is 310 g/mol. The van der Waals surface area contributed by atoms with Crippen molar-refractivity contribution in [1.29, 1.82) is 0 Å². The van der Waals surface area contributed by atoms with Crippen LogP contribution in [0.5, 0.6) is 11.5 Å². The molecule has 2 amide bonds. The van der Waals surface area contributed by atoms with Gasteiger partial charge in [0.05, 0.1) is 13.7 Å². The van der Waals surface area contributed by atoms with Gasteiger partial charge in [-0.2, -0.15) is 0 Å². The summed E-state index contributed by atoms with van der Waals surface area (Å²) in [6.45, 7) is 1.54. The van der Waals surface area contributed by atoms with E-state index < -0.39 is 0 Å². The van der Waals surface area contributed by atoms with Gasteiger partial charge >= 0.3 is 0 Å². The number of carbonyl (C=O) groups is 2. The van der Waals surface area contributed by atoms with Crippen LogP contribution in [-0.2, 0) is 4.79 Å². The minimum absolute atomic E-state index is 0.0281. The number of nitrogens with one attached hydrogen (secondary N) is 1. The standard InChI is InChI=1S/C14H18N2O4S/c1-19-11-2-4-12(5-3-11)20-8-6-15-13(17)10-16-7-9-21-14(16)18/h2-5H,6-10H2,1H3,(H,15,17). The maximum Gasteiger partial charge on any atom is 0.282 e. The van der Waals surface area contributed by atoms with Crippen LogP contribution in [0, 0.1) is 0 Å². The summed E-state index contributed by atoms with van der Waals surface area (Å²) in [5.41, 5.74) is 0. The predicted molar refractivity (Wildman–Crippen MR) is 80.9 cm³/mol. The second kappa shape index (κ2) is 7.78. The van der Waals surface area contributed by atoms with Crippen molar-refractivity contribution in [2.75, 3.05) is 39.1 Å². The Bertz CT molecular complexity index is 492. The van der Waals surface area contributed by atoms with Crippen molar-refractivity contribution < 1.29 is 19.1 Å². The van der Waals surface area contributed by atoms with Gasteiger partial charge in [-0.05, 0) is 24.3 Å². The predicted octanol–water partition coefficient (Wildman–Crippen LogP) is 1.36. The molecule has 1 saturated heterocycles. The number of rotatable bonds is 7. The number of hydrogen-bond acceptors (Lipinski definition) is 5. The summed E-state index contributed by atoms with van der Waals surface area (Å²) in [5.74, 6) is 2.08. The molecule has 0 unspecified atom stereocenters. The van der Waals surface area contributed by atoms with Crippen LogP contribution < -0.4 is 14.8 Å². The van der Waals surface area contributed by atoms with Crippen LogP contribution in [0.15, 0.2) is 24.3 Å². The summed E-state index contributed by atoms with van der Waals surface area (Å²) < 4.78 is 10.5. The molecule has 1 fully saturated rings. The van der Waals surface area contributed by atoms with Gasteiger partial charge in [0.2, 0.25) is 5.91 Å². The Balaban J connectivity index is 1.62. The number of thioether (sulfide) groups is 1. The maximum absolute atomic E-state index is 11.7. The van der Waals surface area contributed by atoms with Crippen LogP contribution in [0.1, 0.15) is 0 Å². The zero-order valence-corrected chi connectivity index (χ0v) is 12.6. The van der Waals surface area contributed by atoms with E-state index >= 15 is 0 Å². The van der Waals surface area contributed by atoms with E-state index in [-0.39, 0.29) is 17.7 Å². The first-order valence-electron chi connectivity index (χ1n) is 6.64. The highest BCUT2D eigenvalue weighted by molar-refractivity contribution is 8.13. The Morgan fingerprint density at radius 2 is 2.05 bits per heavy atom. The summed E-state index contributed by atoms with van der Waals surface area (Å²) in [6, 6.07) is 7.23. The Morgan fingerprint density at radius 1 is 1.33 bits per heavy atom. The van der Waals surface area contributed by atoms with E-state index in [9.17, 15) is 9.59 Å². The van der Waals surface area contributed by atoms with E-state index in [1.54, 1.807) is 24.1 Å². The second-order valence-corrected chi connectivity index (χ2v) is 5.46. The molecular weight excluding hydrogens is 292 g/mol. The molecule has 1 heterocycles. The smallest absolute Gasteiger partial charge is 0.282 e. The van der Waals surface area contributed by atoms with E-state index in [0.29, 0.717) is 19.7 Å². The molecule has 1 aromatic carbocycles. The van der Waals surface area contributed by atoms with Crippen LogP contribution in [0.25, 0.3) is 0 Å². The summed E-state index contributed by atoms with van der Waals surface area (Å²) in [4.78, 5) is 24.6. The monoisotopic (exact) mass is 310 g/mol. The first kappa shape index (κ1) is 15.5. The molecule has 0 saturated carbocycles. The third kappa shape index (κ3) is 4.86. The van der Waals surface area contributed by atoms with Crippen molar-refractivity contribution in [3.05, 3.63) is 24.3 Å². The van der Waals surface area contributed by atoms with Gasteiger partial charge in [-0.25, -0.2) is 0 Å². The SMILES string of the molecule is COc1ccc(OCCNC(=O)CN2CCSC2=O)cc1. The molecule has 0 atom stereocenters. The molecule has 1 N–H and O–H groups in total.